The number of nitrogens with two attached hydrogens (primary N) is 1. The fourth-order valence-electron chi connectivity index (χ4n) is 1.78. The lowest BCUT2D eigenvalue weighted by atomic mass is 10.0. The first kappa shape index (κ1) is 12.9. The van der Waals surface area contributed by atoms with Crippen LogP contribution in [0.1, 0.15) is 12.5 Å². The Balaban J connectivity index is 2.36. The van der Waals surface area contributed by atoms with Gasteiger partial charge in [0, 0.05) is 0 Å². The van der Waals surface area contributed by atoms with Gasteiger partial charge < -0.3 is 10.5 Å². The maximum Gasteiger partial charge on any atom is 0.332 e. The molecule has 5 nitrogen and oxygen atoms in total. The van der Waals surface area contributed by atoms with Crippen LogP contribution in [-0.2, 0) is 0 Å². The van der Waals surface area contributed by atoms with Crippen LogP contribution in [0.25, 0.3) is 10.8 Å². The number of primary amides is 1. The number of amides is 2. The Morgan fingerprint density at radius 1 is 1.21 bits per heavy atom. The summed E-state index contributed by atoms with van der Waals surface area (Å²) in [4.78, 5) is 10.6. The Morgan fingerprint density at radius 3 is 2.58 bits per heavy atom. The predicted octanol–water partition coefficient (Wildman–Crippen LogP) is 2.24. The van der Waals surface area contributed by atoms with Crippen LogP contribution < -0.4 is 15.9 Å². The van der Waals surface area contributed by atoms with Crippen molar-refractivity contribution in [2.24, 2.45) is 10.8 Å². The van der Waals surface area contributed by atoms with Gasteiger partial charge >= 0.3 is 6.03 Å². The van der Waals surface area contributed by atoms with Crippen LogP contribution >= 0.6 is 0 Å². The minimum absolute atomic E-state index is 0.676. The maximum absolute atomic E-state index is 10.6. The van der Waals surface area contributed by atoms with E-state index in [2.05, 4.69) is 10.5 Å². The number of urea groups is 1. The van der Waals surface area contributed by atoms with E-state index >= 15 is 0 Å². The van der Waals surface area contributed by atoms with E-state index in [-0.39, 0.29) is 0 Å². The molecule has 5 heteroatoms. The standard InChI is InChI=1S/C14H15N3O2/c1-9(16-17-14(15)18)10-3-4-12-8-13(19-2)6-5-11(12)7-10/h3-8H,1-2H3,(H3,15,17,18)/b16-9+. The first-order valence-electron chi connectivity index (χ1n) is 5.78. The molecule has 0 radical (unpaired) electrons. The zero-order valence-electron chi connectivity index (χ0n) is 10.8. The number of rotatable bonds is 3. The first-order chi connectivity index (χ1) is 9.10. The topological polar surface area (TPSA) is 76.7 Å². The average molecular weight is 257 g/mol. The van der Waals surface area contributed by atoms with E-state index in [0.29, 0.717) is 5.71 Å². The maximum atomic E-state index is 10.6. The lowest BCUT2D eigenvalue weighted by molar-refractivity contribution is 0.249. The molecule has 2 aromatic rings. The number of hydrogen-bond acceptors (Lipinski definition) is 3. The second kappa shape index (κ2) is 5.39. The van der Waals surface area contributed by atoms with E-state index in [1.54, 1.807) is 14.0 Å². The monoisotopic (exact) mass is 257 g/mol. The summed E-state index contributed by atoms with van der Waals surface area (Å²) < 4.78 is 5.18. The minimum Gasteiger partial charge on any atom is -0.497 e. The number of nitrogens with one attached hydrogen (secondary N) is 1. The van der Waals surface area contributed by atoms with Crippen molar-refractivity contribution in [3.63, 3.8) is 0 Å². The zero-order chi connectivity index (χ0) is 13.8. The lowest BCUT2D eigenvalue weighted by Gasteiger charge is -2.05. The van der Waals surface area contributed by atoms with Gasteiger partial charge in [0.25, 0.3) is 0 Å². The molecule has 19 heavy (non-hydrogen) atoms. The molecule has 0 bridgehead atoms. The predicted molar refractivity (Wildman–Crippen MR) is 75.4 cm³/mol. The molecule has 0 aliphatic carbocycles. The summed E-state index contributed by atoms with van der Waals surface area (Å²) >= 11 is 0. The molecule has 0 unspecified atom stereocenters. The van der Waals surface area contributed by atoms with E-state index in [0.717, 1.165) is 22.1 Å². The number of ether oxygens (including phenoxy) is 1. The number of hydrogen-bond donors (Lipinski definition) is 2. The van der Waals surface area contributed by atoms with E-state index in [4.69, 9.17) is 10.5 Å². The summed E-state index contributed by atoms with van der Waals surface area (Å²) in [6.07, 6.45) is 0. The molecule has 0 aromatic heterocycles. The van der Waals surface area contributed by atoms with Gasteiger partial charge in [-0.1, -0.05) is 18.2 Å². The summed E-state index contributed by atoms with van der Waals surface area (Å²) in [6.45, 7) is 1.81. The number of hydrazone groups is 1. The van der Waals surface area contributed by atoms with E-state index in [9.17, 15) is 4.79 Å². The molecule has 0 spiro atoms. The molecule has 2 aromatic carbocycles. The summed E-state index contributed by atoms with van der Waals surface area (Å²) in [5, 5.41) is 6.06. The number of methoxy groups -OCH3 is 1. The molecule has 0 fully saturated rings. The first-order valence-corrected chi connectivity index (χ1v) is 5.78. The van der Waals surface area contributed by atoms with Crippen LogP contribution in [0.15, 0.2) is 41.5 Å². The number of nitrogens with zero attached hydrogens (tertiary/aromatic N) is 1. The van der Waals surface area contributed by atoms with Crippen LogP contribution in [0.2, 0.25) is 0 Å². The quantitative estimate of drug-likeness (QED) is 0.653. The number of carbonyl (C=O) groups is 1. The number of carbonyl (C=O) groups excluding carboxylic acids is 1. The van der Waals surface area contributed by atoms with Crippen molar-refractivity contribution in [3.05, 3.63) is 42.0 Å². The van der Waals surface area contributed by atoms with Crippen LogP contribution in [0.4, 0.5) is 4.79 Å². The fourth-order valence-corrected chi connectivity index (χ4v) is 1.78. The molecule has 0 aliphatic rings. The molecule has 2 amide bonds. The Kier molecular flexibility index (Phi) is 3.66. The highest BCUT2D eigenvalue weighted by Gasteiger charge is 2.02. The van der Waals surface area contributed by atoms with Crippen molar-refractivity contribution in [1.82, 2.24) is 5.43 Å². The zero-order valence-corrected chi connectivity index (χ0v) is 10.8. The van der Waals surface area contributed by atoms with Gasteiger partial charge in [-0.15, -0.1) is 0 Å². The minimum atomic E-state index is -0.676. The van der Waals surface area contributed by atoms with E-state index in [1.165, 1.54) is 0 Å². The van der Waals surface area contributed by atoms with E-state index in [1.807, 2.05) is 36.4 Å². The van der Waals surface area contributed by atoms with Crippen LogP contribution in [0.5, 0.6) is 5.75 Å². The van der Waals surface area contributed by atoms with Crippen molar-refractivity contribution < 1.29 is 9.53 Å². The highest BCUT2D eigenvalue weighted by molar-refractivity contribution is 6.02. The van der Waals surface area contributed by atoms with Gasteiger partial charge in [0.1, 0.15) is 5.75 Å². The van der Waals surface area contributed by atoms with Gasteiger partial charge in [0.05, 0.1) is 12.8 Å². The average Bonchev–Trinajstić information content (AvgIpc) is 2.43. The third-order valence-corrected chi connectivity index (χ3v) is 2.80. The van der Waals surface area contributed by atoms with Crippen LogP contribution in [0, 0.1) is 0 Å². The molecule has 0 saturated heterocycles. The van der Waals surface area contributed by atoms with Crippen molar-refractivity contribution in [3.8, 4) is 5.75 Å². The molecule has 0 saturated carbocycles. The van der Waals surface area contributed by atoms with Gasteiger partial charge in [-0.3, -0.25) is 0 Å². The molecule has 0 aliphatic heterocycles. The van der Waals surface area contributed by atoms with E-state index < -0.39 is 6.03 Å². The molecular weight excluding hydrogens is 242 g/mol. The Labute approximate surface area is 111 Å². The van der Waals surface area contributed by atoms with Crippen molar-refractivity contribution in [2.45, 2.75) is 6.92 Å². The van der Waals surface area contributed by atoms with Crippen LogP contribution in [-0.4, -0.2) is 18.9 Å². The molecule has 2 rings (SSSR count). The molecular formula is C14H15N3O2. The summed E-state index contributed by atoms with van der Waals surface area (Å²) in [5.41, 5.74) is 8.80. The number of fused-ring (bicyclic) bond motifs is 1. The molecule has 3 N–H and O–H groups in total. The van der Waals surface area contributed by atoms with Crippen molar-refractivity contribution >= 4 is 22.5 Å². The largest absolute Gasteiger partial charge is 0.497 e. The second-order valence-electron chi connectivity index (χ2n) is 4.10. The Morgan fingerprint density at radius 2 is 1.89 bits per heavy atom. The normalized spacial score (nSPS) is 11.4. The highest BCUT2D eigenvalue weighted by atomic mass is 16.5. The van der Waals surface area contributed by atoms with Gasteiger partial charge in [-0.25, -0.2) is 10.2 Å². The third-order valence-electron chi connectivity index (χ3n) is 2.80. The van der Waals surface area contributed by atoms with Gasteiger partial charge in [-0.2, -0.15) is 5.10 Å². The Bertz CT molecular complexity index is 650. The van der Waals surface area contributed by atoms with Crippen molar-refractivity contribution in [2.75, 3.05) is 7.11 Å². The lowest BCUT2D eigenvalue weighted by Crippen LogP contribution is -2.25. The third kappa shape index (κ3) is 3.01. The molecule has 98 valence electrons. The summed E-state index contributed by atoms with van der Waals surface area (Å²) in [7, 11) is 1.64. The highest BCUT2D eigenvalue weighted by Crippen LogP contribution is 2.22. The van der Waals surface area contributed by atoms with Crippen LogP contribution in [0.3, 0.4) is 0 Å². The van der Waals surface area contributed by atoms with Crippen molar-refractivity contribution in [1.29, 1.82) is 0 Å². The van der Waals surface area contributed by atoms with Gasteiger partial charge in [-0.05, 0) is 41.5 Å². The molecule has 0 atom stereocenters. The summed E-state index contributed by atoms with van der Waals surface area (Å²) in [6, 6.07) is 11.1. The summed E-state index contributed by atoms with van der Waals surface area (Å²) in [5.74, 6) is 0.820. The second-order valence-corrected chi connectivity index (χ2v) is 4.10. The SMILES string of the molecule is COc1ccc2cc(/C(C)=N/NC(N)=O)ccc2c1. The smallest absolute Gasteiger partial charge is 0.332 e. The fraction of sp³-hybridized carbons (Fsp3) is 0.143. The Hall–Kier alpha value is -2.56. The van der Waals surface area contributed by atoms with Gasteiger partial charge in [0.15, 0.2) is 0 Å². The number of benzene rings is 2. The molecule has 0 heterocycles. The van der Waals surface area contributed by atoms with Gasteiger partial charge in [0.2, 0.25) is 0 Å².